The fourth-order valence-electron chi connectivity index (χ4n) is 2.85. The van der Waals surface area contributed by atoms with Crippen LogP contribution in [-0.4, -0.2) is 47.1 Å². The van der Waals surface area contributed by atoms with E-state index in [0.717, 1.165) is 6.42 Å². The van der Waals surface area contributed by atoms with Gasteiger partial charge in [0.2, 0.25) is 10.0 Å². The minimum Gasteiger partial charge on any atom is -0.330 e. The van der Waals surface area contributed by atoms with Gasteiger partial charge >= 0.3 is 0 Å². The molecule has 2 aromatic rings. The molecule has 0 saturated carbocycles. The smallest absolute Gasteiger partial charge is 0.246 e. The van der Waals surface area contributed by atoms with Gasteiger partial charge in [-0.25, -0.2) is 18.1 Å². The van der Waals surface area contributed by atoms with Crippen LogP contribution in [0.2, 0.25) is 0 Å². The highest BCUT2D eigenvalue weighted by Gasteiger charge is 2.40. The van der Waals surface area contributed by atoms with E-state index in [-0.39, 0.29) is 22.7 Å². The molecule has 24 heavy (non-hydrogen) atoms. The Balaban J connectivity index is 0.00000208. The summed E-state index contributed by atoms with van der Waals surface area (Å²) in [4.78, 5) is 4.44. The average molecular weight is 372 g/mol. The van der Waals surface area contributed by atoms with Gasteiger partial charge < -0.3 is 5.73 Å². The molecule has 2 N–H and O–H groups in total. The first kappa shape index (κ1) is 18.9. The van der Waals surface area contributed by atoms with Gasteiger partial charge in [-0.15, -0.1) is 12.4 Å². The van der Waals surface area contributed by atoms with Gasteiger partial charge in [0, 0.05) is 19.3 Å². The minimum atomic E-state index is -3.57. The number of halogens is 1. The second-order valence-electron chi connectivity index (χ2n) is 6.30. The molecule has 1 atom stereocenters. The van der Waals surface area contributed by atoms with E-state index in [1.54, 1.807) is 29.9 Å². The van der Waals surface area contributed by atoms with Crippen molar-refractivity contribution in [3.05, 3.63) is 36.3 Å². The molecule has 1 unspecified atom stereocenters. The second-order valence-corrected chi connectivity index (χ2v) is 8.20. The molecular formula is C15H22ClN5O2S. The molecule has 0 aromatic carbocycles. The van der Waals surface area contributed by atoms with Gasteiger partial charge in [-0.3, -0.25) is 0 Å². The zero-order chi connectivity index (χ0) is 16.7. The predicted molar refractivity (Wildman–Crippen MR) is 93.9 cm³/mol. The van der Waals surface area contributed by atoms with Crippen LogP contribution in [-0.2, 0) is 10.0 Å². The fraction of sp³-hybridized carbons (Fsp3) is 0.467. The van der Waals surface area contributed by atoms with Crippen LogP contribution in [0.15, 0.2) is 35.5 Å². The Labute approximate surface area is 148 Å². The van der Waals surface area contributed by atoms with E-state index in [1.165, 1.54) is 10.5 Å². The molecule has 2 aromatic heterocycles. The first-order chi connectivity index (χ1) is 10.9. The molecular weight excluding hydrogens is 350 g/mol. The quantitative estimate of drug-likeness (QED) is 0.875. The fourth-order valence-corrected chi connectivity index (χ4v) is 4.58. The number of sulfonamides is 1. The number of hydrogen-bond donors (Lipinski definition) is 1. The molecule has 0 amide bonds. The molecule has 0 aliphatic carbocycles. The summed E-state index contributed by atoms with van der Waals surface area (Å²) in [6, 6.07) is 5.43. The summed E-state index contributed by atoms with van der Waals surface area (Å²) in [5.41, 5.74) is 6.18. The maximum Gasteiger partial charge on any atom is 0.246 e. The van der Waals surface area contributed by atoms with Gasteiger partial charge in [0.05, 0.1) is 11.9 Å². The molecule has 0 bridgehead atoms. The molecule has 132 valence electrons. The third-order valence-corrected chi connectivity index (χ3v) is 6.41. The average Bonchev–Trinajstić information content (AvgIpc) is 3.13. The van der Waals surface area contributed by atoms with Gasteiger partial charge in [0.1, 0.15) is 4.90 Å². The maximum atomic E-state index is 12.9. The lowest BCUT2D eigenvalue weighted by Crippen LogP contribution is -2.34. The van der Waals surface area contributed by atoms with Crippen LogP contribution in [0.3, 0.4) is 0 Å². The van der Waals surface area contributed by atoms with E-state index in [2.05, 4.69) is 10.1 Å². The third-order valence-electron chi connectivity index (χ3n) is 4.46. The highest BCUT2D eigenvalue weighted by atomic mass is 35.5. The Morgan fingerprint density at radius 3 is 2.71 bits per heavy atom. The lowest BCUT2D eigenvalue weighted by molar-refractivity contribution is 0.349. The standard InChI is InChI=1S/C15H21N5O2S.ClH/c1-12-13(9-18-20(12)14-5-3-4-7-17-14)23(21,22)19-8-6-15(2,10-16)11-19;/h3-5,7,9H,6,8,10-11,16H2,1-2H3;1H. The lowest BCUT2D eigenvalue weighted by Gasteiger charge is -2.22. The molecule has 1 fully saturated rings. The van der Waals surface area contributed by atoms with Crippen LogP contribution in [0.25, 0.3) is 5.82 Å². The molecule has 3 heterocycles. The van der Waals surface area contributed by atoms with Crippen molar-refractivity contribution in [1.29, 1.82) is 0 Å². The van der Waals surface area contributed by atoms with Crippen molar-refractivity contribution in [2.75, 3.05) is 19.6 Å². The summed E-state index contributed by atoms with van der Waals surface area (Å²) < 4.78 is 28.9. The molecule has 1 saturated heterocycles. The van der Waals surface area contributed by atoms with Gasteiger partial charge in [-0.05, 0) is 37.4 Å². The van der Waals surface area contributed by atoms with E-state index in [9.17, 15) is 8.42 Å². The van der Waals surface area contributed by atoms with Crippen LogP contribution >= 0.6 is 12.4 Å². The van der Waals surface area contributed by atoms with E-state index in [4.69, 9.17) is 5.73 Å². The number of rotatable bonds is 4. The van der Waals surface area contributed by atoms with Crippen LogP contribution in [0.1, 0.15) is 19.0 Å². The van der Waals surface area contributed by atoms with Crippen molar-refractivity contribution in [1.82, 2.24) is 19.1 Å². The van der Waals surface area contributed by atoms with Crippen molar-refractivity contribution in [2.24, 2.45) is 11.1 Å². The van der Waals surface area contributed by atoms with Gasteiger partial charge in [-0.2, -0.15) is 9.40 Å². The lowest BCUT2D eigenvalue weighted by atomic mass is 9.90. The van der Waals surface area contributed by atoms with Crippen molar-refractivity contribution >= 4 is 22.4 Å². The summed E-state index contributed by atoms with van der Waals surface area (Å²) in [6.07, 6.45) is 3.82. The highest BCUT2D eigenvalue weighted by molar-refractivity contribution is 7.89. The monoisotopic (exact) mass is 371 g/mol. The summed E-state index contributed by atoms with van der Waals surface area (Å²) in [6.45, 7) is 5.18. The van der Waals surface area contributed by atoms with Crippen LogP contribution in [0.5, 0.6) is 0 Å². The minimum absolute atomic E-state index is 0. The summed E-state index contributed by atoms with van der Waals surface area (Å²) in [7, 11) is -3.57. The second kappa shape index (κ2) is 6.79. The Bertz CT molecular complexity index is 809. The Hall–Kier alpha value is -1.48. The Kier molecular flexibility index (Phi) is 5.34. The number of nitrogens with zero attached hydrogens (tertiary/aromatic N) is 4. The van der Waals surface area contributed by atoms with Gasteiger partial charge in [0.25, 0.3) is 0 Å². The molecule has 0 spiro atoms. The Morgan fingerprint density at radius 2 is 2.12 bits per heavy atom. The molecule has 0 radical (unpaired) electrons. The highest BCUT2D eigenvalue weighted by Crippen LogP contribution is 2.33. The van der Waals surface area contributed by atoms with Crippen LogP contribution < -0.4 is 5.73 Å². The Morgan fingerprint density at radius 1 is 1.38 bits per heavy atom. The largest absolute Gasteiger partial charge is 0.330 e. The normalized spacial score (nSPS) is 21.6. The SMILES string of the molecule is Cc1c(S(=O)(=O)N2CCC(C)(CN)C2)cnn1-c1ccccn1.Cl. The molecule has 1 aliphatic rings. The summed E-state index contributed by atoms with van der Waals surface area (Å²) in [5, 5.41) is 4.20. The number of pyridine rings is 1. The third kappa shape index (κ3) is 3.19. The van der Waals surface area contributed by atoms with E-state index in [0.29, 0.717) is 31.1 Å². The predicted octanol–water partition coefficient (Wildman–Crippen LogP) is 1.36. The van der Waals surface area contributed by atoms with Crippen molar-refractivity contribution in [3.8, 4) is 5.82 Å². The van der Waals surface area contributed by atoms with E-state index >= 15 is 0 Å². The van der Waals surface area contributed by atoms with Crippen LogP contribution in [0.4, 0.5) is 0 Å². The van der Waals surface area contributed by atoms with Crippen LogP contribution in [0, 0.1) is 12.3 Å². The first-order valence-electron chi connectivity index (χ1n) is 7.54. The molecule has 7 nitrogen and oxygen atoms in total. The zero-order valence-electron chi connectivity index (χ0n) is 13.7. The van der Waals surface area contributed by atoms with Gasteiger partial charge in [-0.1, -0.05) is 13.0 Å². The molecule has 9 heteroatoms. The topological polar surface area (TPSA) is 94.1 Å². The van der Waals surface area contributed by atoms with Gasteiger partial charge in [0.15, 0.2) is 5.82 Å². The van der Waals surface area contributed by atoms with Crippen molar-refractivity contribution in [2.45, 2.75) is 25.2 Å². The van der Waals surface area contributed by atoms with Crippen molar-refractivity contribution in [3.63, 3.8) is 0 Å². The maximum absolute atomic E-state index is 12.9. The zero-order valence-corrected chi connectivity index (χ0v) is 15.3. The van der Waals surface area contributed by atoms with Crippen molar-refractivity contribution < 1.29 is 8.42 Å². The number of aromatic nitrogens is 3. The van der Waals surface area contributed by atoms with E-state index < -0.39 is 10.0 Å². The summed E-state index contributed by atoms with van der Waals surface area (Å²) in [5.74, 6) is 0.597. The summed E-state index contributed by atoms with van der Waals surface area (Å²) >= 11 is 0. The molecule has 1 aliphatic heterocycles. The first-order valence-corrected chi connectivity index (χ1v) is 8.98. The number of nitrogens with two attached hydrogens (primary N) is 1. The number of hydrogen-bond acceptors (Lipinski definition) is 5. The molecule has 3 rings (SSSR count). The van der Waals surface area contributed by atoms with E-state index in [1.807, 2.05) is 13.0 Å².